The van der Waals surface area contributed by atoms with Crippen molar-refractivity contribution in [3.63, 3.8) is 0 Å². The normalized spacial score (nSPS) is 10.0. The molecule has 0 spiro atoms. The summed E-state index contributed by atoms with van der Waals surface area (Å²) in [6.45, 7) is 4.17. The molecule has 1 aromatic rings. The van der Waals surface area contributed by atoms with E-state index in [9.17, 15) is 9.18 Å². The third-order valence-electron chi connectivity index (χ3n) is 2.39. The minimum atomic E-state index is -0.274. The molecule has 3 nitrogen and oxygen atoms in total. The molecule has 0 heterocycles. The van der Waals surface area contributed by atoms with E-state index in [1.54, 1.807) is 24.9 Å². The van der Waals surface area contributed by atoms with Gasteiger partial charge in [0, 0.05) is 13.6 Å². The smallest absolute Gasteiger partial charge is 0.260 e. The van der Waals surface area contributed by atoms with Crippen molar-refractivity contribution in [1.82, 2.24) is 4.90 Å². The lowest BCUT2D eigenvalue weighted by molar-refractivity contribution is -0.131. The Morgan fingerprint density at radius 3 is 2.75 bits per heavy atom. The van der Waals surface area contributed by atoms with Gasteiger partial charge in [0.25, 0.3) is 5.91 Å². The van der Waals surface area contributed by atoms with Crippen molar-refractivity contribution >= 4 is 5.91 Å². The molecule has 0 bridgehead atoms. The molecule has 0 unspecified atom stereocenters. The lowest BCUT2D eigenvalue weighted by Gasteiger charge is -2.14. The summed E-state index contributed by atoms with van der Waals surface area (Å²) in [4.78, 5) is 13.0. The van der Waals surface area contributed by atoms with Gasteiger partial charge in [0.1, 0.15) is 11.6 Å². The maximum Gasteiger partial charge on any atom is 0.260 e. The fourth-order valence-electron chi connectivity index (χ4n) is 1.14. The highest BCUT2D eigenvalue weighted by atomic mass is 19.1. The van der Waals surface area contributed by atoms with E-state index < -0.39 is 0 Å². The summed E-state index contributed by atoms with van der Waals surface area (Å²) in [7, 11) is 1.71. The molecular formula is C12H16FNO2. The van der Waals surface area contributed by atoms with Crippen LogP contribution in [0.2, 0.25) is 0 Å². The van der Waals surface area contributed by atoms with Gasteiger partial charge in [-0.25, -0.2) is 4.39 Å². The summed E-state index contributed by atoms with van der Waals surface area (Å²) in [5, 5.41) is 0. The summed E-state index contributed by atoms with van der Waals surface area (Å²) >= 11 is 0. The summed E-state index contributed by atoms with van der Waals surface area (Å²) in [6.07, 6.45) is 0. The van der Waals surface area contributed by atoms with Crippen LogP contribution in [-0.4, -0.2) is 31.0 Å². The Balaban J connectivity index is 2.55. The first-order valence-electron chi connectivity index (χ1n) is 5.17. The Hall–Kier alpha value is -1.58. The number of benzene rings is 1. The fourth-order valence-corrected chi connectivity index (χ4v) is 1.14. The van der Waals surface area contributed by atoms with Crippen LogP contribution in [0.1, 0.15) is 12.5 Å². The molecule has 1 amide bonds. The molecule has 0 N–H and O–H groups in total. The first kappa shape index (κ1) is 12.5. The van der Waals surface area contributed by atoms with E-state index in [0.29, 0.717) is 17.9 Å². The maximum absolute atomic E-state index is 12.9. The number of ether oxygens (including phenoxy) is 1. The van der Waals surface area contributed by atoms with Gasteiger partial charge in [-0.1, -0.05) is 0 Å². The molecule has 0 aliphatic rings. The predicted octanol–water partition coefficient (Wildman–Crippen LogP) is 1.99. The van der Waals surface area contributed by atoms with Crippen LogP contribution < -0.4 is 4.74 Å². The van der Waals surface area contributed by atoms with Crippen LogP contribution >= 0.6 is 0 Å². The van der Waals surface area contributed by atoms with Crippen LogP contribution in [0, 0.1) is 12.7 Å². The van der Waals surface area contributed by atoms with Crippen LogP contribution in [0.3, 0.4) is 0 Å². The van der Waals surface area contributed by atoms with Crippen molar-refractivity contribution in [2.75, 3.05) is 20.2 Å². The zero-order valence-electron chi connectivity index (χ0n) is 9.79. The third kappa shape index (κ3) is 3.22. The zero-order valence-corrected chi connectivity index (χ0v) is 9.79. The molecular weight excluding hydrogens is 209 g/mol. The Morgan fingerprint density at radius 2 is 2.19 bits per heavy atom. The highest BCUT2D eigenvalue weighted by Crippen LogP contribution is 2.15. The quantitative estimate of drug-likeness (QED) is 0.784. The molecule has 0 aromatic heterocycles. The van der Waals surface area contributed by atoms with Crippen molar-refractivity contribution in [3.05, 3.63) is 29.6 Å². The average Bonchev–Trinajstić information content (AvgIpc) is 2.29. The van der Waals surface area contributed by atoms with E-state index >= 15 is 0 Å². The van der Waals surface area contributed by atoms with E-state index in [2.05, 4.69) is 0 Å². The Bertz CT molecular complexity index is 379. The van der Waals surface area contributed by atoms with Gasteiger partial charge < -0.3 is 9.64 Å². The second kappa shape index (κ2) is 5.49. The molecule has 0 atom stereocenters. The summed E-state index contributed by atoms with van der Waals surface area (Å²) in [5.74, 6) is 0.144. The first-order chi connectivity index (χ1) is 7.54. The van der Waals surface area contributed by atoms with Gasteiger partial charge in [0.2, 0.25) is 0 Å². The number of carbonyl (C=O) groups excluding carboxylic acids is 1. The van der Waals surface area contributed by atoms with Gasteiger partial charge in [-0.3, -0.25) is 4.79 Å². The lowest BCUT2D eigenvalue weighted by Crippen LogP contribution is -2.31. The molecule has 0 saturated carbocycles. The van der Waals surface area contributed by atoms with Crippen molar-refractivity contribution in [1.29, 1.82) is 0 Å². The van der Waals surface area contributed by atoms with E-state index in [-0.39, 0.29) is 18.3 Å². The van der Waals surface area contributed by atoms with Crippen LogP contribution in [0.25, 0.3) is 0 Å². The Morgan fingerprint density at radius 1 is 1.50 bits per heavy atom. The van der Waals surface area contributed by atoms with Crippen molar-refractivity contribution in [2.45, 2.75) is 13.8 Å². The zero-order chi connectivity index (χ0) is 12.1. The summed E-state index contributed by atoms with van der Waals surface area (Å²) < 4.78 is 18.2. The van der Waals surface area contributed by atoms with Crippen molar-refractivity contribution in [3.8, 4) is 5.75 Å². The number of nitrogens with zero attached hydrogens (tertiary/aromatic N) is 1. The largest absolute Gasteiger partial charge is 0.484 e. The van der Waals surface area contributed by atoms with Crippen molar-refractivity contribution in [2.24, 2.45) is 0 Å². The summed E-state index contributed by atoms with van der Waals surface area (Å²) in [6, 6.07) is 4.43. The second-order valence-corrected chi connectivity index (χ2v) is 3.61. The van der Waals surface area contributed by atoms with Gasteiger partial charge >= 0.3 is 0 Å². The number of amides is 1. The van der Waals surface area contributed by atoms with Crippen LogP contribution in [0.5, 0.6) is 5.75 Å². The van der Waals surface area contributed by atoms with E-state index in [0.717, 1.165) is 0 Å². The molecule has 0 radical (unpaired) electrons. The highest BCUT2D eigenvalue weighted by Gasteiger charge is 2.07. The van der Waals surface area contributed by atoms with Crippen LogP contribution in [0.15, 0.2) is 18.2 Å². The fraction of sp³-hybridized carbons (Fsp3) is 0.417. The van der Waals surface area contributed by atoms with Crippen LogP contribution in [-0.2, 0) is 4.79 Å². The molecule has 1 aromatic carbocycles. The molecule has 1 rings (SSSR count). The number of carbonyl (C=O) groups is 1. The van der Waals surface area contributed by atoms with E-state index in [4.69, 9.17) is 4.74 Å². The van der Waals surface area contributed by atoms with E-state index in [1.165, 1.54) is 12.1 Å². The molecule has 88 valence electrons. The molecule has 0 fully saturated rings. The monoisotopic (exact) mass is 225 g/mol. The molecule has 4 heteroatoms. The SMILES string of the molecule is CCN(C)C(=O)COc1ccc(F)c(C)c1. The number of rotatable bonds is 4. The minimum Gasteiger partial charge on any atom is -0.484 e. The second-order valence-electron chi connectivity index (χ2n) is 3.61. The number of hydrogen-bond donors (Lipinski definition) is 0. The molecule has 0 saturated heterocycles. The summed E-state index contributed by atoms with van der Waals surface area (Å²) in [5.41, 5.74) is 0.508. The maximum atomic E-state index is 12.9. The molecule has 0 aliphatic heterocycles. The highest BCUT2D eigenvalue weighted by molar-refractivity contribution is 5.77. The predicted molar refractivity (Wildman–Crippen MR) is 59.9 cm³/mol. The molecule has 0 aliphatic carbocycles. The number of hydrogen-bond acceptors (Lipinski definition) is 2. The van der Waals surface area contributed by atoms with Gasteiger partial charge in [-0.05, 0) is 37.6 Å². The van der Waals surface area contributed by atoms with Gasteiger partial charge in [-0.15, -0.1) is 0 Å². The standard InChI is InChI=1S/C12H16FNO2/c1-4-14(3)12(15)8-16-10-5-6-11(13)9(2)7-10/h5-7H,4,8H2,1-3H3. The minimum absolute atomic E-state index is 0.0184. The topological polar surface area (TPSA) is 29.5 Å². The average molecular weight is 225 g/mol. The number of aryl methyl sites for hydroxylation is 1. The Labute approximate surface area is 94.8 Å². The van der Waals surface area contributed by atoms with Gasteiger partial charge in [0.05, 0.1) is 0 Å². The third-order valence-corrected chi connectivity index (χ3v) is 2.39. The van der Waals surface area contributed by atoms with Gasteiger partial charge in [0.15, 0.2) is 6.61 Å². The lowest BCUT2D eigenvalue weighted by atomic mass is 10.2. The Kier molecular flexibility index (Phi) is 4.28. The first-order valence-corrected chi connectivity index (χ1v) is 5.17. The number of likely N-dealkylation sites (N-methyl/N-ethyl adjacent to an activating group) is 1. The van der Waals surface area contributed by atoms with Crippen LogP contribution in [0.4, 0.5) is 4.39 Å². The molecule has 16 heavy (non-hydrogen) atoms. The van der Waals surface area contributed by atoms with E-state index in [1.807, 2.05) is 6.92 Å². The number of halogens is 1. The van der Waals surface area contributed by atoms with Crippen molar-refractivity contribution < 1.29 is 13.9 Å². The van der Waals surface area contributed by atoms with Gasteiger partial charge in [-0.2, -0.15) is 0 Å².